The van der Waals surface area contributed by atoms with E-state index in [1.807, 2.05) is 37.3 Å². The van der Waals surface area contributed by atoms with Crippen LogP contribution in [0, 0.1) is 0 Å². The predicted octanol–water partition coefficient (Wildman–Crippen LogP) is 3.67. The van der Waals surface area contributed by atoms with Gasteiger partial charge >= 0.3 is 0 Å². The number of ether oxygens (including phenoxy) is 3. The molecule has 1 aliphatic rings. The van der Waals surface area contributed by atoms with Gasteiger partial charge in [0.1, 0.15) is 5.75 Å². The molecule has 8 heteroatoms. The predicted molar refractivity (Wildman–Crippen MR) is 110 cm³/mol. The highest BCUT2D eigenvalue weighted by molar-refractivity contribution is 5.96. The molecular weight excluding hydrogens is 386 g/mol. The first-order valence-corrected chi connectivity index (χ1v) is 9.72. The zero-order chi connectivity index (χ0) is 21.1. The van der Waals surface area contributed by atoms with Gasteiger partial charge < -0.3 is 23.6 Å². The Bertz CT molecular complexity index is 1030. The Morgan fingerprint density at radius 1 is 1.10 bits per heavy atom. The molecule has 0 spiro atoms. The second-order valence-electron chi connectivity index (χ2n) is 6.86. The van der Waals surface area contributed by atoms with Crippen LogP contribution in [-0.4, -0.2) is 43.4 Å². The van der Waals surface area contributed by atoms with Gasteiger partial charge in [-0.25, -0.2) is 0 Å². The Morgan fingerprint density at radius 3 is 2.57 bits per heavy atom. The van der Waals surface area contributed by atoms with Crippen molar-refractivity contribution in [3.8, 4) is 28.6 Å². The number of rotatable bonds is 7. The summed E-state index contributed by atoms with van der Waals surface area (Å²) in [6, 6.07) is 12.9. The smallest absolute Gasteiger partial charge is 0.232 e. The largest absolute Gasteiger partial charge is 0.494 e. The summed E-state index contributed by atoms with van der Waals surface area (Å²) in [6.45, 7) is 3.02. The summed E-state index contributed by atoms with van der Waals surface area (Å²) >= 11 is 0. The lowest BCUT2D eigenvalue weighted by Gasteiger charge is -2.16. The fourth-order valence-corrected chi connectivity index (χ4v) is 3.51. The van der Waals surface area contributed by atoms with E-state index in [-0.39, 0.29) is 11.8 Å². The average molecular weight is 409 g/mol. The number of aromatic nitrogens is 2. The standard InChI is InChI=1S/C22H23N3O5/c1-4-29-17-8-6-16(7-9-17)25-13-15(12-20(25)26)22-23-21(24-30-22)14-5-10-18(27-2)19(11-14)28-3/h5-11,15H,4,12-13H2,1-3H3/t15-/m1/s1. The average Bonchev–Trinajstić information content (AvgIpc) is 3.41. The molecule has 1 saturated heterocycles. The first-order valence-electron chi connectivity index (χ1n) is 9.72. The number of carbonyl (C=O) groups is 1. The molecule has 1 amide bonds. The van der Waals surface area contributed by atoms with Crippen LogP contribution in [0.1, 0.15) is 25.2 Å². The highest BCUT2D eigenvalue weighted by Gasteiger charge is 2.35. The molecular formula is C22H23N3O5. The zero-order valence-corrected chi connectivity index (χ0v) is 17.1. The van der Waals surface area contributed by atoms with Gasteiger partial charge in [-0.1, -0.05) is 5.16 Å². The normalized spacial score (nSPS) is 16.0. The summed E-state index contributed by atoms with van der Waals surface area (Å²) in [5.41, 5.74) is 1.57. The van der Waals surface area contributed by atoms with Crippen molar-refractivity contribution in [1.29, 1.82) is 0 Å². The Morgan fingerprint density at radius 2 is 1.87 bits per heavy atom. The Balaban J connectivity index is 1.51. The Labute approximate surface area is 174 Å². The van der Waals surface area contributed by atoms with Crippen LogP contribution in [0.3, 0.4) is 0 Å². The molecule has 156 valence electrons. The van der Waals surface area contributed by atoms with Crippen LogP contribution in [0.25, 0.3) is 11.4 Å². The second-order valence-corrected chi connectivity index (χ2v) is 6.86. The fraction of sp³-hybridized carbons (Fsp3) is 0.318. The van der Waals surface area contributed by atoms with Crippen LogP contribution in [0.5, 0.6) is 17.2 Å². The van der Waals surface area contributed by atoms with E-state index in [0.717, 1.165) is 17.0 Å². The van der Waals surface area contributed by atoms with E-state index in [0.29, 0.717) is 42.8 Å². The van der Waals surface area contributed by atoms with Crippen molar-refractivity contribution in [3.63, 3.8) is 0 Å². The van der Waals surface area contributed by atoms with Crippen molar-refractivity contribution < 1.29 is 23.5 Å². The lowest BCUT2D eigenvalue weighted by Crippen LogP contribution is -2.24. The van der Waals surface area contributed by atoms with Gasteiger partial charge in [-0.3, -0.25) is 4.79 Å². The Kier molecular flexibility index (Phi) is 5.56. The number of hydrogen-bond acceptors (Lipinski definition) is 7. The maximum atomic E-state index is 12.6. The number of benzene rings is 2. The van der Waals surface area contributed by atoms with E-state index < -0.39 is 0 Å². The van der Waals surface area contributed by atoms with Gasteiger partial charge in [-0.2, -0.15) is 4.98 Å². The third-order valence-electron chi connectivity index (χ3n) is 5.02. The summed E-state index contributed by atoms with van der Waals surface area (Å²) in [5, 5.41) is 4.09. The number of hydrogen-bond donors (Lipinski definition) is 0. The van der Waals surface area contributed by atoms with Crippen molar-refractivity contribution in [2.45, 2.75) is 19.3 Å². The molecule has 2 aromatic carbocycles. The Hall–Kier alpha value is -3.55. The van der Waals surface area contributed by atoms with E-state index in [9.17, 15) is 4.79 Å². The van der Waals surface area contributed by atoms with Gasteiger partial charge in [0.15, 0.2) is 11.5 Å². The quantitative estimate of drug-likeness (QED) is 0.588. The molecule has 0 aliphatic carbocycles. The van der Waals surface area contributed by atoms with Gasteiger partial charge in [0.25, 0.3) is 0 Å². The number of amides is 1. The van der Waals surface area contributed by atoms with Crippen LogP contribution in [0.2, 0.25) is 0 Å². The maximum absolute atomic E-state index is 12.6. The number of methoxy groups -OCH3 is 2. The highest BCUT2D eigenvalue weighted by Crippen LogP contribution is 2.34. The van der Waals surface area contributed by atoms with Crippen molar-refractivity contribution in [1.82, 2.24) is 10.1 Å². The molecule has 8 nitrogen and oxygen atoms in total. The molecule has 0 N–H and O–H groups in total. The molecule has 1 fully saturated rings. The lowest BCUT2D eigenvalue weighted by atomic mass is 10.1. The fourth-order valence-electron chi connectivity index (χ4n) is 3.51. The van der Waals surface area contributed by atoms with E-state index in [2.05, 4.69) is 10.1 Å². The van der Waals surface area contributed by atoms with E-state index in [1.165, 1.54) is 0 Å². The maximum Gasteiger partial charge on any atom is 0.232 e. The first-order chi connectivity index (χ1) is 14.6. The van der Waals surface area contributed by atoms with Crippen molar-refractivity contribution in [2.24, 2.45) is 0 Å². The minimum absolute atomic E-state index is 0.0232. The highest BCUT2D eigenvalue weighted by atomic mass is 16.5. The van der Waals surface area contributed by atoms with Crippen LogP contribution in [-0.2, 0) is 4.79 Å². The van der Waals surface area contributed by atoms with E-state index in [1.54, 1.807) is 31.3 Å². The molecule has 0 saturated carbocycles. The van der Waals surface area contributed by atoms with Crippen LogP contribution in [0.4, 0.5) is 5.69 Å². The first kappa shape index (κ1) is 19.8. The van der Waals surface area contributed by atoms with Crippen LogP contribution >= 0.6 is 0 Å². The van der Waals surface area contributed by atoms with Gasteiger partial charge in [0.2, 0.25) is 17.6 Å². The van der Waals surface area contributed by atoms with Crippen molar-refractivity contribution >= 4 is 11.6 Å². The molecule has 3 aromatic rings. The molecule has 1 atom stereocenters. The summed E-state index contributed by atoms with van der Waals surface area (Å²) in [7, 11) is 3.15. The monoisotopic (exact) mass is 409 g/mol. The summed E-state index contributed by atoms with van der Waals surface area (Å²) in [6.07, 6.45) is 0.320. The molecule has 0 radical (unpaired) electrons. The van der Waals surface area contributed by atoms with Crippen LogP contribution < -0.4 is 19.1 Å². The van der Waals surface area contributed by atoms with Crippen molar-refractivity contribution in [2.75, 3.05) is 32.3 Å². The lowest BCUT2D eigenvalue weighted by molar-refractivity contribution is -0.117. The molecule has 4 rings (SSSR count). The van der Waals surface area contributed by atoms with E-state index in [4.69, 9.17) is 18.7 Å². The molecule has 0 unspecified atom stereocenters. The molecule has 1 aliphatic heterocycles. The van der Waals surface area contributed by atoms with Gasteiger partial charge in [-0.05, 0) is 49.4 Å². The minimum atomic E-state index is -0.162. The minimum Gasteiger partial charge on any atom is -0.494 e. The van der Waals surface area contributed by atoms with Gasteiger partial charge in [-0.15, -0.1) is 0 Å². The number of anilines is 1. The summed E-state index contributed by atoms with van der Waals surface area (Å²) in [4.78, 5) is 18.8. The topological polar surface area (TPSA) is 86.9 Å². The third kappa shape index (κ3) is 3.80. The number of carbonyl (C=O) groups excluding carboxylic acids is 1. The molecule has 30 heavy (non-hydrogen) atoms. The zero-order valence-electron chi connectivity index (χ0n) is 17.1. The second kappa shape index (κ2) is 8.44. The molecule has 0 bridgehead atoms. The third-order valence-corrected chi connectivity index (χ3v) is 5.02. The number of nitrogens with zero attached hydrogens (tertiary/aromatic N) is 3. The van der Waals surface area contributed by atoms with Gasteiger partial charge in [0.05, 0.1) is 26.7 Å². The molecule has 1 aromatic heterocycles. The van der Waals surface area contributed by atoms with Gasteiger partial charge in [0, 0.05) is 24.2 Å². The van der Waals surface area contributed by atoms with Crippen molar-refractivity contribution in [3.05, 3.63) is 48.4 Å². The van der Waals surface area contributed by atoms with E-state index >= 15 is 0 Å². The summed E-state index contributed by atoms with van der Waals surface area (Å²) < 4.78 is 21.5. The molecule has 2 heterocycles. The summed E-state index contributed by atoms with van der Waals surface area (Å²) in [5.74, 6) is 2.73. The van der Waals surface area contributed by atoms with Crippen LogP contribution in [0.15, 0.2) is 47.0 Å². The SMILES string of the molecule is CCOc1ccc(N2C[C@H](c3nc(-c4ccc(OC)c(OC)c4)no3)CC2=O)cc1.